The molecule has 0 aliphatic heterocycles. The van der Waals surface area contributed by atoms with Crippen LogP contribution in [0.1, 0.15) is 39.0 Å². The fourth-order valence-electron chi connectivity index (χ4n) is 4.21. The summed E-state index contributed by atoms with van der Waals surface area (Å²) in [5.74, 6) is 1.86. The van der Waals surface area contributed by atoms with E-state index in [1.165, 1.54) is 12.5 Å². The highest BCUT2D eigenvalue weighted by Crippen LogP contribution is 2.38. The monoisotopic (exact) mass is 468 g/mol. The molecule has 1 atom stereocenters. The fraction of sp³-hybridized carbons (Fsp3) is 0.258. The van der Waals surface area contributed by atoms with Crippen LogP contribution in [0.3, 0.4) is 0 Å². The molecule has 0 fully saturated rings. The number of carbonyl (C=O) groups excluding carboxylic acids is 1. The van der Waals surface area contributed by atoms with Gasteiger partial charge in [-0.05, 0) is 53.9 Å². The highest BCUT2D eigenvalue weighted by atomic mass is 16.6. The second kappa shape index (κ2) is 12.1. The molecule has 0 saturated heterocycles. The van der Waals surface area contributed by atoms with Gasteiger partial charge in [0.2, 0.25) is 0 Å². The van der Waals surface area contributed by atoms with Gasteiger partial charge in [0.05, 0.1) is 0 Å². The maximum atomic E-state index is 12.0. The summed E-state index contributed by atoms with van der Waals surface area (Å²) < 4.78 is 18.1. The van der Waals surface area contributed by atoms with Crippen LogP contribution in [-0.4, -0.2) is 18.7 Å². The van der Waals surface area contributed by atoms with E-state index in [0.29, 0.717) is 0 Å². The van der Waals surface area contributed by atoms with Gasteiger partial charge in [0.15, 0.2) is 0 Å². The van der Waals surface area contributed by atoms with Crippen LogP contribution < -0.4 is 9.47 Å². The summed E-state index contributed by atoms with van der Waals surface area (Å²) in [6.45, 7) is 5.99. The summed E-state index contributed by atoms with van der Waals surface area (Å²) in [4.78, 5) is 12.0. The highest BCUT2D eigenvalue weighted by molar-refractivity contribution is 6.05. The van der Waals surface area contributed by atoms with Crippen molar-refractivity contribution in [2.45, 2.75) is 45.1 Å². The molecule has 0 spiro atoms. The van der Waals surface area contributed by atoms with Crippen LogP contribution in [0, 0.1) is 0 Å². The second-order valence-electron chi connectivity index (χ2n) is 8.65. The van der Waals surface area contributed by atoms with Crippen LogP contribution in [0.4, 0.5) is 0 Å². The van der Waals surface area contributed by atoms with Crippen molar-refractivity contribution < 1.29 is 19.0 Å². The third-order valence-corrected chi connectivity index (χ3v) is 6.01. The van der Waals surface area contributed by atoms with Gasteiger partial charge >= 0.3 is 5.97 Å². The van der Waals surface area contributed by atoms with Gasteiger partial charge in [-0.25, -0.2) is 4.79 Å². The van der Waals surface area contributed by atoms with Crippen molar-refractivity contribution in [3.8, 4) is 17.2 Å². The van der Waals surface area contributed by atoms with Crippen molar-refractivity contribution in [2.75, 3.05) is 6.61 Å². The molecular weight excluding hydrogens is 436 g/mol. The number of hydrogen-bond donors (Lipinski definition) is 0. The van der Waals surface area contributed by atoms with E-state index in [9.17, 15) is 4.79 Å². The molecule has 0 radical (unpaired) electrons. The van der Waals surface area contributed by atoms with Crippen LogP contribution in [0.15, 0.2) is 91.5 Å². The first-order chi connectivity index (χ1) is 17.2. The Bertz CT molecular complexity index is 1280. The quantitative estimate of drug-likeness (QED) is 0.0909. The smallest absolute Gasteiger partial charge is 0.330 e. The van der Waals surface area contributed by atoms with E-state index in [4.69, 9.17) is 14.2 Å². The van der Waals surface area contributed by atoms with E-state index in [0.717, 1.165) is 64.5 Å². The van der Waals surface area contributed by atoms with Crippen molar-refractivity contribution in [1.82, 2.24) is 0 Å². The zero-order valence-corrected chi connectivity index (χ0v) is 20.2. The van der Waals surface area contributed by atoms with Crippen LogP contribution in [0.25, 0.3) is 21.5 Å². The number of hydrogen-bond acceptors (Lipinski definition) is 4. The molecule has 0 bridgehead atoms. The minimum atomic E-state index is -0.421. The molecule has 0 saturated carbocycles. The van der Waals surface area contributed by atoms with Crippen molar-refractivity contribution in [3.63, 3.8) is 0 Å². The Morgan fingerprint density at radius 1 is 0.857 bits per heavy atom. The molecule has 0 aliphatic rings. The third kappa shape index (κ3) is 6.42. The lowest BCUT2D eigenvalue weighted by molar-refractivity contribution is -0.144. The first kappa shape index (κ1) is 24.3. The Hall–Kier alpha value is -3.79. The predicted octanol–water partition coefficient (Wildman–Crippen LogP) is 8.23. The van der Waals surface area contributed by atoms with Crippen molar-refractivity contribution in [1.29, 1.82) is 0 Å². The number of rotatable bonds is 12. The van der Waals surface area contributed by atoms with Crippen LogP contribution >= 0.6 is 0 Å². The zero-order valence-electron chi connectivity index (χ0n) is 20.2. The Labute approximate surface area is 207 Å². The number of fused-ring (bicyclic) bond motifs is 2. The summed E-state index contributed by atoms with van der Waals surface area (Å²) in [5.41, 5.74) is 0. The minimum absolute atomic E-state index is 0.276. The minimum Gasteiger partial charge on any atom is -0.488 e. The van der Waals surface area contributed by atoms with Crippen LogP contribution in [0.2, 0.25) is 0 Å². The standard InChI is InChI=1S/C31H32O4/c1-3-5-6-8-16-27(35-30(32)4-2)22-33-31-28-17-12-11-13-23(28)20-24-18-19-26(21-29(24)31)34-25-14-9-7-10-15-25/h4,7,9-15,17-21,27H,2-3,5-6,8,16,22H2,1H3. The van der Waals surface area contributed by atoms with Gasteiger partial charge in [-0.15, -0.1) is 0 Å². The van der Waals surface area contributed by atoms with E-state index < -0.39 is 5.97 Å². The Kier molecular flexibility index (Phi) is 8.39. The Morgan fingerprint density at radius 3 is 2.43 bits per heavy atom. The van der Waals surface area contributed by atoms with Gasteiger partial charge in [-0.1, -0.05) is 81.3 Å². The molecule has 0 amide bonds. The van der Waals surface area contributed by atoms with Gasteiger partial charge in [0.1, 0.15) is 30.0 Å². The number of esters is 1. The largest absolute Gasteiger partial charge is 0.488 e. The molecule has 1 unspecified atom stereocenters. The van der Waals surface area contributed by atoms with Crippen molar-refractivity contribution >= 4 is 27.5 Å². The molecule has 4 aromatic rings. The molecule has 35 heavy (non-hydrogen) atoms. The fourth-order valence-corrected chi connectivity index (χ4v) is 4.21. The maximum Gasteiger partial charge on any atom is 0.330 e. The number of carbonyl (C=O) groups is 1. The second-order valence-corrected chi connectivity index (χ2v) is 8.65. The topological polar surface area (TPSA) is 44.8 Å². The van der Waals surface area contributed by atoms with Crippen molar-refractivity contribution in [3.05, 3.63) is 91.5 Å². The third-order valence-electron chi connectivity index (χ3n) is 6.01. The summed E-state index contributed by atoms with van der Waals surface area (Å²) in [6.07, 6.45) is 6.04. The van der Waals surface area contributed by atoms with Gasteiger partial charge in [-0.2, -0.15) is 0 Å². The van der Waals surface area contributed by atoms with Gasteiger partial charge in [0.25, 0.3) is 0 Å². The first-order valence-corrected chi connectivity index (χ1v) is 12.3. The normalized spacial score (nSPS) is 11.8. The molecular formula is C31H32O4. The van der Waals surface area contributed by atoms with Crippen LogP contribution in [-0.2, 0) is 9.53 Å². The summed E-state index contributed by atoms with van der Waals surface area (Å²) in [5, 5.41) is 4.12. The molecule has 4 aromatic carbocycles. The number of benzene rings is 4. The number of para-hydroxylation sites is 1. The lowest BCUT2D eigenvalue weighted by Crippen LogP contribution is -2.24. The molecule has 4 rings (SSSR count). The highest BCUT2D eigenvalue weighted by Gasteiger charge is 2.17. The molecule has 4 nitrogen and oxygen atoms in total. The Balaban J connectivity index is 1.65. The SMILES string of the molecule is C=CC(=O)OC(CCCCCC)COc1c2ccccc2cc2ccc(Oc3ccccc3)cc12. The van der Waals surface area contributed by atoms with E-state index in [1.54, 1.807) is 0 Å². The van der Waals surface area contributed by atoms with E-state index in [-0.39, 0.29) is 12.7 Å². The van der Waals surface area contributed by atoms with Crippen molar-refractivity contribution in [2.24, 2.45) is 0 Å². The molecule has 0 aromatic heterocycles. The number of ether oxygens (including phenoxy) is 3. The van der Waals surface area contributed by atoms with E-state index >= 15 is 0 Å². The van der Waals surface area contributed by atoms with Gasteiger partial charge in [-0.3, -0.25) is 0 Å². The lowest BCUT2D eigenvalue weighted by atomic mass is 10.0. The average Bonchev–Trinajstić information content (AvgIpc) is 2.89. The summed E-state index contributed by atoms with van der Waals surface area (Å²) >= 11 is 0. The molecule has 0 heterocycles. The zero-order chi connectivity index (χ0) is 24.5. The molecule has 0 N–H and O–H groups in total. The predicted molar refractivity (Wildman–Crippen MR) is 142 cm³/mol. The van der Waals surface area contributed by atoms with Crippen LogP contribution in [0.5, 0.6) is 17.2 Å². The molecule has 180 valence electrons. The van der Waals surface area contributed by atoms with Gasteiger partial charge in [0, 0.05) is 16.8 Å². The lowest BCUT2D eigenvalue weighted by Gasteiger charge is -2.20. The Morgan fingerprint density at radius 2 is 1.63 bits per heavy atom. The summed E-state index contributed by atoms with van der Waals surface area (Å²) in [6, 6.07) is 26.1. The summed E-state index contributed by atoms with van der Waals surface area (Å²) in [7, 11) is 0. The first-order valence-electron chi connectivity index (χ1n) is 12.3. The van der Waals surface area contributed by atoms with E-state index in [1.807, 2.05) is 60.7 Å². The molecule has 0 aliphatic carbocycles. The maximum absolute atomic E-state index is 12.0. The molecule has 4 heteroatoms. The average molecular weight is 469 g/mol. The van der Waals surface area contributed by atoms with E-state index in [2.05, 4.69) is 31.7 Å². The number of unbranched alkanes of at least 4 members (excludes halogenated alkanes) is 3. The van der Waals surface area contributed by atoms with Gasteiger partial charge < -0.3 is 14.2 Å².